The Bertz CT molecular complexity index is 521. The van der Waals surface area contributed by atoms with E-state index in [0.717, 1.165) is 31.7 Å². The summed E-state index contributed by atoms with van der Waals surface area (Å²) in [5, 5.41) is 10.0. The molecule has 1 aliphatic heterocycles. The van der Waals surface area contributed by atoms with Crippen molar-refractivity contribution in [2.75, 3.05) is 47.0 Å². The minimum atomic E-state index is -0.0130. The summed E-state index contributed by atoms with van der Waals surface area (Å²) in [6, 6.07) is 6.31. The van der Waals surface area contributed by atoms with Gasteiger partial charge in [-0.25, -0.2) is 0 Å². The number of hydrogen-bond acceptors (Lipinski definition) is 5. The molecule has 2 atom stereocenters. The van der Waals surface area contributed by atoms with Crippen LogP contribution in [-0.2, 0) is 0 Å². The number of hydrogen-bond donors (Lipinski definition) is 1. The molecule has 2 rings (SSSR count). The van der Waals surface area contributed by atoms with E-state index < -0.39 is 0 Å². The highest BCUT2D eigenvalue weighted by Gasteiger charge is 2.30. The zero-order valence-electron chi connectivity index (χ0n) is 15.7. The Labute approximate surface area is 146 Å². The summed E-state index contributed by atoms with van der Waals surface area (Å²) >= 11 is 0. The first-order chi connectivity index (χ1) is 11.5. The van der Waals surface area contributed by atoms with E-state index in [1.807, 2.05) is 18.2 Å². The first kappa shape index (κ1) is 19.0. The number of benzene rings is 1. The van der Waals surface area contributed by atoms with Crippen LogP contribution in [0.15, 0.2) is 18.2 Å². The fourth-order valence-electron chi connectivity index (χ4n) is 3.65. The molecule has 0 spiro atoms. The second-order valence-corrected chi connectivity index (χ2v) is 7.05. The van der Waals surface area contributed by atoms with Crippen LogP contribution in [0.2, 0.25) is 0 Å². The molecule has 5 heteroatoms. The van der Waals surface area contributed by atoms with Crippen LogP contribution < -0.4 is 9.47 Å². The Morgan fingerprint density at radius 3 is 2.42 bits per heavy atom. The van der Waals surface area contributed by atoms with Gasteiger partial charge in [0.25, 0.3) is 0 Å². The smallest absolute Gasteiger partial charge is 0.161 e. The third-order valence-corrected chi connectivity index (χ3v) is 4.75. The van der Waals surface area contributed by atoms with Crippen molar-refractivity contribution in [3.05, 3.63) is 23.8 Å². The molecule has 1 aliphatic rings. The fourth-order valence-corrected chi connectivity index (χ4v) is 3.65. The molecule has 1 saturated heterocycles. The van der Waals surface area contributed by atoms with Crippen LogP contribution in [0, 0.1) is 5.92 Å². The summed E-state index contributed by atoms with van der Waals surface area (Å²) in [6.45, 7) is 11.1. The summed E-state index contributed by atoms with van der Waals surface area (Å²) in [7, 11) is 3.28. The lowest BCUT2D eigenvalue weighted by atomic mass is 10.0. The number of nitrogens with zero attached hydrogens (tertiary/aromatic N) is 2. The molecule has 0 amide bonds. The van der Waals surface area contributed by atoms with Crippen molar-refractivity contribution in [2.45, 2.75) is 32.9 Å². The zero-order valence-corrected chi connectivity index (χ0v) is 15.7. The molecule has 24 heavy (non-hydrogen) atoms. The number of rotatable bonds is 7. The van der Waals surface area contributed by atoms with Crippen molar-refractivity contribution in [1.29, 1.82) is 0 Å². The SMILES string of the molecule is COc1ccc(C(CO)N2CCN(CC(C)C)CC2C)cc1OC. The van der Waals surface area contributed by atoms with E-state index >= 15 is 0 Å². The molecular weight excluding hydrogens is 304 g/mol. The molecule has 1 heterocycles. The normalized spacial score (nSPS) is 21.0. The first-order valence-corrected chi connectivity index (χ1v) is 8.81. The Morgan fingerprint density at radius 2 is 1.88 bits per heavy atom. The Balaban J connectivity index is 2.14. The van der Waals surface area contributed by atoms with E-state index in [2.05, 4.69) is 30.6 Å². The van der Waals surface area contributed by atoms with Crippen LogP contribution in [0.1, 0.15) is 32.4 Å². The number of aliphatic hydroxyl groups excluding tert-OH is 1. The zero-order chi connectivity index (χ0) is 17.7. The molecule has 136 valence electrons. The molecule has 0 bridgehead atoms. The summed E-state index contributed by atoms with van der Waals surface area (Å²) in [5.74, 6) is 2.11. The molecule has 0 aliphatic carbocycles. The summed E-state index contributed by atoms with van der Waals surface area (Å²) in [4.78, 5) is 4.92. The second-order valence-electron chi connectivity index (χ2n) is 7.05. The van der Waals surface area contributed by atoms with E-state index in [0.29, 0.717) is 23.5 Å². The molecule has 1 aromatic carbocycles. The van der Waals surface area contributed by atoms with Gasteiger partial charge in [-0.1, -0.05) is 19.9 Å². The number of ether oxygens (including phenoxy) is 2. The van der Waals surface area contributed by atoms with Crippen molar-refractivity contribution in [3.8, 4) is 11.5 Å². The Kier molecular flexibility index (Phi) is 6.90. The highest BCUT2D eigenvalue weighted by molar-refractivity contribution is 5.43. The third-order valence-electron chi connectivity index (χ3n) is 4.75. The van der Waals surface area contributed by atoms with Gasteiger partial charge in [-0.15, -0.1) is 0 Å². The highest BCUT2D eigenvalue weighted by Crippen LogP contribution is 2.33. The van der Waals surface area contributed by atoms with Crippen molar-refractivity contribution < 1.29 is 14.6 Å². The third kappa shape index (κ3) is 4.41. The molecule has 2 unspecified atom stereocenters. The monoisotopic (exact) mass is 336 g/mol. The molecular formula is C19H32N2O3. The number of methoxy groups -OCH3 is 2. The predicted molar refractivity (Wildman–Crippen MR) is 96.8 cm³/mol. The molecule has 0 radical (unpaired) electrons. The van der Waals surface area contributed by atoms with E-state index in [1.54, 1.807) is 14.2 Å². The van der Waals surface area contributed by atoms with Crippen LogP contribution in [0.25, 0.3) is 0 Å². The first-order valence-electron chi connectivity index (χ1n) is 8.81. The van der Waals surface area contributed by atoms with Gasteiger partial charge in [0.2, 0.25) is 0 Å². The topological polar surface area (TPSA) is 45.2 Å². The average molecular weight is 336 g/mol. The van der Waals surface area contributed by atoms with Crippen LogP contribution >= 0.6 is 0 Å². The van der Waals surface area contributed by atoms with Gasteiger partial charge in [0, 0.05) is 32.2 Å². The lowest BCUT2D eigenvalue weighted by Crippen LogP contribution is -2.54. The van der Waals surface area contributed by atoms with Gasteiger partial charge in [0.05, 0.1) is 26.9 Å². The predicted octanol–water partition coefficient (Wildman–Crippen LogP) is 2.40. The molecule has 0 aromatic heterocycles. The van der Waals surface area contributed by atoms with Gasteiger partial charge in [0.1, 0.15) is 0 Å². The minimum Gasteiger partial charge on any atom is -0.493 e. The van der Waals surface area contributed by atoms with Crippen LogP contribution in [0.3, 0.4) is 0 Å². The minimum absolute atomic E-state index is 0.0130. The molecule has 1 fully saturated rings. The summed E-state index contributed by atoms with van der Waals surface area (Å²) in [5.41, 5.74) is 1.07. The maximum Gasteiger partial charge on any atom is 0.161 e. The maximum atomic E-state index is 10.0. The van der Waals surface area contributed by atoms with Crippen molar-refractivity contribution in [2.24, 2.45) is 5.92 Å². The Morgan fingerprint density at radius 1 is 1.17 bits per heavy atom. The highest BCUT2D eigenvalue weighted by atomic mass is 16.5. The summed E-state index contributed by atoms with van der Waals surface area (Å²) in [6.07, 6.45) is 0. The van der Waals surface area contributed by atoms with E-state index in [1.165, 1.54) is 0 Å². The molecule has 5 nitrogen and oxygen atoms in total. The largest absolute Gasteiger partial charge is 0.493 e. The number of piperazine rings is 1. The standard InChI is InChI=1S/C19H32N2O3/c1-14(2)11-20-8-9-21(15(3)12-20)17(13-22)16-6-7-18(23-4)19(10-16)24-5/h6-7,10,14-15,17,22H,8-9,11-13H2,1-5H3. The van der Waals surface area contributed by atoms with Crippen LogP contribution in [0.4, 0.5) is 0 Å². The lowest BCUT2D eigenvalue weighted by Gasteiger charge is -2.44. The van der Waals surface area contributed by atoms with Crippen molar-refractivity contribution in [3.63, 3.8) is 0 Å². The van der Waals surface area contributed by atoms with E-state index in [4.69, 9.17) is 9.47 Å². The van der Waals surface area contributed by atoms with Gasteiger partial charge in [-0.2, -0.15) is 0 Å². The molecule has 1 aromatic rings. The molecule has 1 N–H and O–H groups in total. The quantitative estimate of drug-likeness (QED) is 0.828. The van der Waals surface area contributed by atoms with Crippen molar-refractivity contribution >= 4 is 0 Å². The second kappa shape index (κ2) is 8.70. The van der Waals surface area contributed by atoms with Gasteiger partial charge in [-0.05, 0) is 30.5 Å². The van der Waals surface area contributed by atoms with Gasteiger partial charge in [-0.3, -0.25) is 4.90 Å². The van der Waals surface area contributed by atoms with Gasteiger partial charge >= 0.3 is 0 Å². The number of aliphatic hydroxyl groups is 1. The van der Waals surface area contributed by atoms with Crippen LogP contribution in [-0.4, -0.2) is 68.0 Å². The summed E-state index contributed by atoms with van der Waals surface area (Å²) < 4.78 is 10.7. The van der Waals surface area contributed by atoms with E-state index in [-0.39, 0.29) is 12.6 Å². The Hall–Kier alpha value is -1.30. The maximum absolute atomic E-state index is 10.0. The van der Waals surface area contributed by atoms with Gasteiger partial charge < -0.3 is 19.5 Å². The molecule has 0 saturated carbocycles. The van der Waals surface area contributed by atoms with Crippen molar-refractivity contribution in [1.82, 2.24) is 9.80 Å². The van der Waals surface area contributed by atoms with E-state index in [9.17, 15) is 5.11 Å². The fraction of sp³-hybridized carbons (Fsp3) is 0.684. The van der Waals surface area contributed by atoms with Crippen LogP contribution in [0.5, 0.6) is 11.5 Å². The lowest BCUT2D eigenvalue weighted by molar-refractivity contribution is 0.0214. The average Bonchev–Trinajstić information content (AvgIpc) is 2.56. The van der Waals surface area contributed by atoms with Gasteiger partial charge in [0.15, 0.2) is 11.5 Å².